The average molecular weight is 1080 g/mol. The molecule has 424 valence electrons. The van der Waals surface area contributed by atoms with Crippen molar-refractivity contribution in [1.82, 2.24) is 0 Å². The van der Waals surface area contributed by atoms with Crippen LogP contribution in [0.3, 0.4) is 0 Å². The van der Waals surface area contributed by atoms with Crippen LogP contribution in [0.25, 0.3) is 0 Å². The molecule has 0 aromatic carbocycles. The third-order valence-electron chi connectivity index (χ3n) is 13.0. The molecule has 75 heavy (non-hydrogen) atoms. The molecule has 0 spiro atoms. The van der Waals surface area contributed by atoms with Crippen LogP contribution in [0.15, 0.2) is 58.2 Å². The van der Waals surface area contributed by atoms with Gasteiger partial charge in [-0.25, -0.2) is 24.0 Å². The summed E-state index contributed by atoms with van der Waals surface area (Å²) in [6.45, 7) is 11.2. The Morgan fingerprint density at radius 3 is 0.947 bits per heavy atom. The molecule has 26 nitrogen and oxygen atoms in total. The second kappa shape index (κ2) is 28.7. The minimum absolute atomic E-state index is 0.0778. The number of esters is 5. The van der Waals surface area contributed by atoms with E-state index in [9.17, 15) is 69.9 Å². The van der Waals surface area contributed by atoms with Crippen LogP contribution >= 0.6 is 0 Å². The fraction of sp³-hybridized carbons (Fsp3) is 0.694. The molecule has 20 unspecified atom stereocenters. The van der Waals surface area contributed by atoms with Crippen LogP contribution in [0.1, 0.15) is 69.2 Å². The summed E-state index contributed by atoms with van der Waals surface area (Å²) in [7, 11) is 0. The van der Waals surface area contributed by atoms with Crippen LogP contribution in [-0.4, -0.2) is 225 Å². The lowest BCUT2D eigenvalue weighted by atomic mass is 9.95. The van der Waals surface area contributed by atoms with Crippen LogP contribution in [0.5, 0.6) is 0 Å². The summed E-state index contributed by atoms with van der Waals surface area (Å²) in [6.07, 6.45) is -30.7. The lowest BCUT2D eigenvalue weighted by molar-refractivity contribution is -0.400. The van der Waals surface area contributed by atoms with E-state index in [2.05, 4.69) is 0 Å². The van der Waals surface area contributed by atoms with Crippen molar-refractivity contribution in [2.24, 2.45) is 0 Å². The molecule has 0 radical (unpaired) electrons. The lowest BCUT2D eigenvalue weighted by Gasteiger charge is -2.49. The first-order valence-corrected chi connectivity index (χ1v) is 24.1. The summed E-state index contributed by atoms with van der Waals surface area (Å²) in [5.74, 6) is -4.60. The standard InChI is InChI=1S/C49H72O26/c1-11-20(6)41(59)64-19-28-36(74-49-34(58)40(72-45(63)24(10)15-5)38(27(18-52)67-49)70-43(61)22(8)13-3)30(54)32(56)47(68-28)75-46-31(55)29(53)35(25(16-50)65-46)73-48-33(57)39(71-44(62)23(9)14-4)37(26(17-51)66-48)69-42(60)21(7)12-2/h11-15,25-40,46-58H,16-19H2,1-10H3. The number of aliphatic hydroxyl groups excluding tert-OH is 9. The number of hydrogen-bond acceptors (Lipinski definition) is 26. The van der Waals surface area contributed by atoms with Crippen molar-refractivity contribution >= 4 is 29.8 Å². The van der Waals surface area contributed by atoms with Crippen molar-refractivity contribution in [3.05, 3.63) is 58.2 Å². The largest absolute Gasteiger partial charge is 0.459 e. The van der Waals surface area contributed by atoms with Gasteiger partial charge in [-0.1, -0.05) is 30.4 Å². The summed E-state index contributed by atoms with van der Waals surface area (Å²) in [5.41, 5.74) is 0.529. The predicted octanol–water partition coefficient (Wildman–Crippen LogP) is -2.16. The summed E-state index contributed by atoms with van der Waals surface area (Å²) in [5, 5.41) is 101. The van der Waals surface area contributed by atoms with Gasteiger partial charge in [-0.2, -0.15) is 0 Å². The molecule has 4 aliphatic rings. The highest BCUT2D eigenvalue weighted by Crippen LogP contribution is 2.36. The van der Waals surface area contributed by atoms with E-state index in [1.807, 2.05) is 0 Å². The predicted molar refractivity (Wildman–Crippen MR) is 250 cm³/mol. The molecule has 4 rings (SSSR count). The van der Waals surface area contributed by atoms with Crippen LogP contribution in [0, 0.1) is 0 Å². The normalized spacial score (nSPS) is 37.3. The fourth-order valence-corrected chi connectivity index (χ4v) is 7.68. The average Bonchev–Trinajstić information content (AvgIpc) is 3.41. The van der Waals surface area contributed by atoms with Crippen molar-refractivity contribution in [1.29, 1.82) is 0 Å². The maximum Gasteiger partial charge on any atom is 0.333 e. The second-order valence-corrected chi connectivity index (χ2v) is 17.9. The topological polar surface area (TPSA) is 378 Å². The van der Waals surface area contributed by atoms with Gasteiger partial charge in [0.15, 0.2) is 49.6 Å². The van der Waals surface area contributed by atoms with Crippen LogP contribution < -0.4 is 0 Å². The molecule has 4 fully saturated rings. The van der Waals surface area contributed by atoms with E-state index in [1.165, 1.54) is 78.8 Å². The van der Waals surface area contributed by atoms with Gasteiger partial charge >= 0.3 is 29.8 Å². The van der Waals surface area contributed by atoms with E-state index >= 15 is 0 Å². The van der Waals surface area contributed by atoms with Crippen molar-refractivity contribution in [2.45, 2.75) is 192 Å². The molecule has 0 bridgehead atoms. The third-order valence-corrected chi connectivity index (χ3v) is 13.0. The molecular formula is C49H72O26. The second-order valence-electron chi connectivity index (χ2n) is 17.9. The quantitative estimate of drug-likeness (QED) is 0.0356. The van der Waals surface area contributed by atoms with Gasteiger partial charge in [0.1, 0.15) is 79.9 Å². The van der Waals surface area contributed by atoms with E-state index in [-0.39, 0.29) is 27.9 Å². The lowest BCUT2D eigenvalue weighted by Crippen LogP contribution is -2.67. The van der Waals surface area contributed by atoms with Gasteiger partial charge in [0, 0.05) is 27.9 Å². The fourth-order valence-electron chi connectivity index (χ4n) is 7.68. The molecule has 0 saturated carbocycles. The van der Waals surface area contributed by atoms with Gasteiger partial charge in [-0.3, -0.25) is 0 Å². The smallest absolute Gasteiger partial charge is 0.333 e. The SMILES string of the molecule is CC=C(C)C(=O)OCC1OC(OC2OC(CO)C(OC3OC(CO)C(OC(=O)C(C)=CC)C(OC(=O)C(C)=CC)C3O)C(O)C2O)C(O)C(O)C1OC1OC(CO)C(OC(=O)C(C)=CC)C(OC(=O)C(C)=CC)C1O. The molecule has 0 aromatic rings. The molecule has 4 saturated heterocycles. The molecule has 4 aliphatic heterocycles. The monoisotopic (exact) mass is 1080 g/mol. The van der Waals surface area contributed by atoms with Crippen molar-refractivity contribution in [3.63, 3.8) is 0 Å². The van der Waals surface area contributed by atoms with Crippen molar-refractivity contribution in [3.8, 4) is 0 Å². The van der Waals surface area contributed by atoms with Crippen LogP contribution in [0.4, 0.5) is 0 Å². The van der Waals surface area contributed by atoms with Gasteiger partial charge in [-0.15, -0.1) is 0 Å². The zero-order valence-electron chi connectivity index (χ0n) is 43.2. The number of aliphatic hydroxyl groups is 9. The number of carbonyl (C=O) groups is 5. The third kappa shape index (κ3) is 15.1. The highest BCUT2D eigenvalue weighted by Gasteiger charge is 2.57. The van der Waals surface area contributed by atoms with Crippen LogP contribution in [0.2, 0.25) is 0 Å². The minimum Gasteiger partial charge on any atom is -0.459 e. The molecule has 0 amide bonds. The Morgan fingerprint density at radius 1 is 0.360 bits per heavy atom. The van der Waals surface area contributed by atoms with Gasteiger partial charge < -0.3 is 103 Å². The summed E-state index contributed by atoms with van der Waals surface area (Å²) in [6, 6.07) is 0. The Labute approximate surface area is 432 Å². The van der Waals surface area contributed by atoms with Crippen molar-refractivity contribution in [2.75, 3.05) is 26.4 Å². The number of hydrogen-bond donors (Lipinski definition) is 9. The molecule has 0 aromatic heterocycles. The number of ether oxygens (including phenoxy) is 12. The minimum atomic E-state index is -2.20. The van der Waals surface area contributed by atoms with Gasteiger partial charge in [0.25, 0.3) is 0 Å². The van der Waals surface area contributed by atoms with E-state index in [0.717, 1.165) is 0 Å². The Bertz CT molecular complexity index is 2120. The number of allylic oxidation sites excluding steroid dienone is 5. The molecule has 4 heterocycles. The molecule has 26 heteroatoms. The zero-order chi connectivity index (χ0) is 56.2. The Kier molecular flexibility index (Phi) is 24.1. The first-order chi connectivity index (χ1) is 35.5. The van der Waals surface area contributed by atoms with E-state index in [0.29, 0.717) is 0 Å². The molecular weight excluding hydrogens is 1000 g/mol. The summed E-state index contributed by atoms with van der Waals surface area (Å²) >= 11 is 0. The Balaban J connectivity index is 1.61. The van der Waals surface area contributed by atoms with Gasteiger partial charge in [0.05, 0.1) is 19.8 Å². The highest BCUT2D eigenvalue weighted by molar-refractivity contribution is 5.90. The first kappa shape index (κ1) is 62.9. The van der Waals surface area contributed by atoms with E-state index < -0.39 is 179 Å². The zero-order valence-corrected chi connectivity index (χ0v) is 43.2. The van der Waals surface area contributed by atoms with Crippen molar-refractivity contribution < 1.29 is 127 Å². The van der Waals surface area contributed by atoms with E-state index in [4.69, 9.17) is 56.8 Å². The Hall–Kier alpha value is -4.59. The number of carbonyl (C=O) groups excluding carboxylic acids is 5. The molecule has 9 N–H and O–H groups in total. The summed E-state index contributed by atoms with van der Waals surface area (Å²) < 4.78 is 68.5. The Morgan fingerprint density at radius 2 is 0.627 bits per heavy atom. The van der Waals surface area contributed by atoms with Gasteiger partial charge in [0.2, 0.25) is 0 Å². The highest BCUT2D eigenvalue weighted by atomic mass is 16.8. The molecule has 20 atom stereocenters. The number of rotatable bonds is 20. The van der Waals surface area contributed by atoms with E-state index in [1.54, 1.807) is 20.8 Å². The maximum atomic E-state index is 13.1. The molecule has 0 aliphatic carbocycles. The first-order valence-electron chi connectivity index (χ1n) is 24.1. The summed E-state index contributed by atoms with van der Waals surface area (Å²) in [4.78, 5) is 64.7. The maximum absolute atomic E-state index is 13.1. The van der Waals surface area contributed by atoms with Crippen LogP contribution in [-0.2, 0) is 80.8 Å². The van der Waals surface area contributed by atoms with Gasteiger partial charge in [-0.05, 0) is 69.2 Å².